The number of nitrogens with zero attached hydrogens (tertiary/aromatic N) is 4. The maximum Gasteiger partial charge on any atom is 0.128 e. The zero-order valence-electron chi connectivity index (χ0n) is 28.5. The van der Waals surface area contributed by atoms with Crippen LogP contribution in [0.4, 0.5) is 0 Å². The summed E-state index contributed by atoms with van der Waals surface area (Å²) in [6, 6.07) is 9.02. The molecule has 2 aromatic carbocycles. The molecule has 2 N–H and O–H groups in total. The largest absolute Gasteiger partial charge is 0.507 e. The molecule has 0 unspecified atom stereocenters. The van der Waals surface area contributed by atoms with E-state index in [0.29, 0.717) is 49.8 Å². The van der Waals surface area contributed by atoms with E-state index >= 15 is 0 Å². The number of hydrogen-bond acceptors (Lipinski definition) is 6. The van der Waals surface area contributed by atoms with Crippen LogP contribution in [-0.2, 0) is 23.9 Å². The molecule has 0 aliphatic heterocycles. The lowest BCUT2D eigenvalue weighted by atomic mass is 9.84. The molecular formula is C36H58N4O2. The Morgan fingerprint density at radius 1 is 0.643 bits per heavy atom. The molecule has 0 spiro atoms. The second-order valence-corrected chi connectivity index (χ2v) is 14.0. The summed E-state index contributed by atoms with van der Waals surface area (Å²) in [5.74, 6) is 0.633. The number of phenols is 2. The predicted molar refractivity (Wildman–Crippen MR) is 181 cm³/mol. The normalized spacial score (nSPS) is 13.2. The van der Waals surface area contributed by atoms with Gasteiger partial charge in [0.25, 0.3) is 0 Å². The molecular weight excluding hydrogens is 520 g/mol. The highest BCUT2D eigenvalue weighted by atomic mass is 16.3. The van der Waals surface area contributed by atoms with E-state index in [-0.39, 0.29) is 10.8 Å². The molecule has 0 aliphatic carbocycles. The van der Waals surface area contributed by atoms with Crippen molar-refractivity contribution in [1.82, 2.24) is 9.80 Å². The fraction of sp³-hybridized carbons (Fsp3) is 0.611. The molecule has 0 bridgehead atoms. The molecule has 6 heteroatoms. The Labute approximate surface area is 256 Å². The van der Waals surface area contributed by atoms with Crippen molar-refractivity contribution < 1.29 is 10.2 Å². The fourth-order valence-electron chi connectivity index (χ4n) is 4.86. The summed E-state index contributed by atoms with van der Waals surface area (Å²) in [6.45, 7) is 30.4. The highest BCUT2D eigenvalue weighted by molar-refractivity contribution is 5.85. The van der Waals surface area contributed by atoms with Crippen LogP contribution in [0.25, 0.3) is 0 Å². The molecule has 0 atom stereocenters. The Kier molecular flexibility index (Phi) is 12.8. The first-order valence-corrected chi connectivity index (χ1v) is 15.7. The molecule has 0 fully saturated rings. The van der Waals surface area contributed by atoms with Crippen molar-refractivity contribution in [3.05, 3.63) is 57.6 Å². The Morgan fingerprint density at radius 2 is 0.976 bits per heavy atom. The van der Waals surface area contributed by atoms with Crippen molar-refractivity contribution in [2.24, 2.45) is 9.98 Å². The lowest BCUT2D eigenvalue weighted by molar-refractivity contribution is 0.143. The third kappa shape index (κ3) is 9.95. The van der Waals surface area contributed by atoms with Crippen molar-refractivity contribution in [2.75, 3.05) is 26.2 Å². The van der Waals surface area contributed by atoms with Gasteiger partial charge < -0.3 is 10.2 Å². The van der Waals surface area contributed by atoms with E-state index in [9.17, 15) is 10.2 Å². The Balaban J connectivity index is 2.39. The predicted octanol–water partition coefficient (Wildman–Crippen LogP) is 7.69. The van der Waals surface area contributed by atoms with Crippen LogP contribution in [0.15, 0.2) is 34.3 Å². The van der Waals surface area contributed by atoms with E-state index in [1.807, 2.05) is 13.8 Å². The fourth-order valence-corrected chi connectivity index (χ4v) is 4.86. The van der Waals surface area contributed by atoms with E-state index in [4.69, 9.17) is 0 Å². The van der Waals surface area contributed by atoms with E-state index in [2.05, 4.69) is 113 Å². The van der Waals surface area contributed by atoms with Crippen LogP contribution in [-0.4, -0.2) is 70.7 Å². The first-order valence-electron chi connectivity index (χ1n) is 15.7. The van der Waals surface area contributed by atoms with Gasteiger partial charge in [-0.05, 0) is 75.6 Å². The van der Waals surface area contributed by atoms with Crippen LogP contribution >= 0.6 is 0 Å². The number of aromatic hydroxyl groups is 2. The highest BCUT2D eigenvalue weighted by Crippen LogP contribution is 2.33. The van der Waals surface area contributed by atoms with Gasteiger partial charge in [0.05, 0.1) is 0 Å². The Morgan fingerprint density at radius 3 is 1.24 bits per heavy atom. The molecule has 0 saturated carbocycles. The smallest absolute Gasteiger partial charge is 0.128 e. The summed E-state index contributed by atoms with van der Waals surface area (Å²) in [7, 11) is 0. The number of benzene rings is 2. The minimum atomic E-state index is -0.0430. The molecule has 0 amide bonds. The summed E-state index contributed by atoms with van der Waals surface area (Å²) >= 11 is 0. The molecule has 0 saturated heterocycles. The first kappa shape index (κ1) is 35.5. The molecule has 2 aromatic rings. The minimum absolute atomic E-state index is 0.0430. The summed E-state index contributed by atoms with van der Waals surface area (Å²) in [5.41, 5.74) is 5.72. The van der Waals surface area contributed by atoms with E-state index in [1.54, 1.807) is 12.4 Å². The molecule has 0 heterocycles. The van der Waals surface area contributed by atoms with Gasteiger partial charge >= 0.3 is 0 Å². The van der Waals surface area contributed by atoms with Crippen LogP contribution < -0.4 is 0 Å². The van der Waals surface area contributed by atoms with Gasteiger partial charge in [-0.25, -0.2) is 0 Å². The SMILES string of the molecule is CC/N=C/c1cc(C(C)(C)C)cc(CN(CCN(Cc2cc(C(C)(C)C)cc(/C=N/CC)c2O)C(C)C)C(C)C)c1O. The molecule has 42 heavy (non-hydrogen) atoms. The van der Waals surface area contributed by atoms with Gasteiger partial charge in [0.1, 0.15) is 11.5 Å². The zero-order chi connectivity index (χ0) is 31.8. The van der Waals surface area contributed by atoms with Crippen LogP contribution in [0.1, 0.15) is 116 Å². The average Bonchev–Trinajstić information content (AvgIpc) is 2.88. The van der Waals surface area contributed by atoms with Crippen LogP contribution in [0.2, 0.25) is 0 Å². The summed E-state index contributed by atoms with van der Waals surface area (Å²) < 4.78 is 0. The number of rotatable bonds is 13. The topological polar surface area (TPSA) is 71.7 Å². The molecule has 234 valence electrons. The van der Waals surface area contributed by atoms with Crippen molar-refractivity contribution >= 4 is 12.4 Å². The molecule has 2 rings (SSSR count). The summed E-state index contributed by atoms with van der Waals surface area (Å²) in [5, 5.41) is 22.5. The number of phenolic OH excluding ortho intramolecular Hbond substituents is 2. The maximum absolute atomic E-state index is 11.2. The Bertz CT molecular complexity index is 1120. The zero-order valence-corrected chi connectivity index (χ0v) is 28.5. The quantitative estimate of drug-likeness (QED) is 0.239. The van der Waals surface area contributed by atoms with Crippen LogP contribution in [0, 0.1) is 0 Å². The van der Waals surface area contributed by atoms with E-state index in [0.717, 1.165) is 35.3 Å². The summed E-state index contributed by atoms with van der Waals surface area (Å²) in [4.78, 5) is 13.7. The Hall–Kier alpha value is -2.70. The third-order valence-electron chi connectivity index (χ3n) is 7.88. The van der Waals surface area contributed by atoms with Gasteiger partial charge in [0.15, 0.2) is 0 Å². The van der Waals surface area contributed by atoms with Gasteiger partial charge in [-0.2, -0.15) is 0 Å². The standard InChI is InChI=1S/C36H58N4O2/c1-13-37-21-27-17-31(35(7,8)9)19-29(33(27)41)23-39(25(3)4)15-16-40(26(5)6)24-30-20-32(36(10,11)12)18-28(34(30)42)22-38-14-2/h17-22,25-26,41-42H,13-16,23-24H2,1-12H3/b37-21+,38-22+. The second kappa shape index (κ2) is 15.2. The van der Waals surface area contributed by atoms with Crippen molar-refractivity contribution in [3.8, 4) is 11.5 Å². The lowest BCUT2D eigenvalue weighted by Gasteiger charge is -2.33. The first-order chi connectivity index (χ1) is 19.5. The van der Waals surface area contributed by atoms with Crippen molar-refractivity contribution in [3.63, 3.8) is 0 Å². The van der Waals surface area contributed by atoms with E-state index < -0.39 is 0 Å². The van der Waals surface area contributed by atoms with Gasteiger partial charge in [-0.3, -0.25) is 19.8 Å². The second-order valence-electron chi connectivity index (χ2n) is 14.0. The highest BCUT2D eigenvalue weighted by Gasteiger charge is 2.23. The summed E-state index contributed by atoms with van der Waals surface area (Å²) in [6.07, 6.45) is 3.60. The lowest BCUT2D eigenvalue weighted by Crippen LogP contribution is -2.40. The average molecular weight is 579 g/mol. The van der Waals surface area contributed by atoms with E-state index in [1.165, 1.54) is 11.1 Å². The molecule has 0 aliphatic rings. The number of aliphatic imine (C=N–C) groups is 2. The molecule has 6 nitrogen and oxygen atoms in total. The molecule has 0 aromatic heterocycles. The van der Waals surface area contributed by atoms with Crippen molar-refractivity contribution in [1.29, 1.82) is 0 Å². The van der Waals surface area contributed by atoms with Gasteiger partial charge in [0.2, 0.25) is 0 Å². The van der Waals surface area contributed by atoms with Gasteiger partial charge in [-0.1, -0.05) is 53.7 Å². The van der Waals surface area contributed by atoms with Crippen LogP contribution in [0.3, 0.4) is 0 Å². The van der Waals surface area contributed by atoms with Crippen molar-refractivity contribution in [2.45, 2.75) is 119 Å². The minimum Gasteiger partial charge on any atom is -0.507 e. The maximum atomic E-state index is 11.2. The monoisotopic (exact) mass is 578 g/mol. The van der Waals surface area contributed by atoms with Gasteiger partial charge in [-0.15, -0.1) is 0 Å². The van der Waals surface area contributed by atoms with Crippen LogP contribution in [0.5, 0.6) is 11.5 Å². The van der Waals surface area contributed by atoms with Gasteiger partial charge in [0, 0.05) is 86.0 Å². The third-order valence-corrected chi connectivity index (χ3v) is 7.88. The number of hydrogen-bond donors (Lipinski definition) is 2. The molecule has 0 radical (unpaired) electrons.